The molecule has 1 aromatic rings. The van der Waals surface area contributed by atoms with Crippen LogP contribution in [0.4, 0.5) is 5.69 Å². The van der Waals surface area contributed by atoms with Crippen molar-refractivity contribution in [2.75, 3.05) is 12.8 Å². The molecule has 21 heavy (non-hydrogen) atoms. The lowest BCUT2D eigenvalue weighted by molar-refractivity contribution is -0.386. The highest BCUT2D eigenvalue weighted by molar-refractivity contribution is 7.90. The SMILES string of the molecule is CS(=O)(=O)c1ccc(OC2CCCC2CN)c([N+](=O)[O-])c1. The Morgan fingerprint density at radius 3 is 2.71 bits per heavy atom. The molecule has 1 fully saturated rings. The van der Waals surface area contributed by atoms with Crippen LogP contribution in [0.1, 0.15) is 19.3 Å². The molecule has 0 aromatic heterocycles. The van der Waals surface area contributed by atoms with Crippen LogP contribution in [0.2, 0.25) is 0 Å². The van der Waals surface area contributed by atoms with E-state index < -0.39 is 14.8 Å². The molecule has 2 atom stereocenters. The second-order valence-corrected chi connectivity index (χ2v) is 7.26. The average molecular weight is 314 g/mol. The van der Waals surface area contributed by atoms with Crippen LogP contribution < -0.4 is 10.5 Å². The number of hydrogen-bond acceptors (Lipinski definition) is 6. The molecule has 1 aliphatic carbocycles. The molecule has 7 nitrogen and oxygen atoms in total. The van der Waals surface area contributed by atoms with Crippen LogP contribution >= 0.6 is 0 Å². The Morgan fingerprint density at radius 2 is 2.14 bits per heavy atom. The van der Waals surface area contributed by atoms with E-state index in [9.17, 15) is 18.5 Å². The summed E-state index contributed by atoms with van der Waals surface area (Å²) in [6.07, 6.45) is 3.57. The van der Waals surface area contributed by atoms with Crippen molar-refractivity contribution in [2.24, 2.45) is 11.7 Å². The second-order valence-electron chi connectivity index (χ2n) is 5.24. The maximum absolute atomic E-state index is 11.5. The van der Waals surface area contributed by atoms with Crippen LogP contribution in [0.3, 0.4) is 0 Å². The van der Waals surface area contributed by atoms with E-state index in [-0.39, 0.29) is 28.4 Å². The normalized spacial score (nSPS) is 22.2. The molecule has 1 saturated carbocycles. The zero-order valence-electron chi connectivity index (χ0n) is 11.7. The third-order valence-corrected chi connectivity index (χ3v) is 4.84. The lowest BCUT2D eigenvalue weighted by Crippen LogP contribution is -2.27. The van der Waals surface area contributed by atoms with E-state index in [4.69, 9.17) is 10.5 Å². The largest absolute Gasteiger partial charge is 0.483 e. The Hall–Kier alpha value is -1.67. The third kappa shape index (κ3) is 3.51. The molecule has 0 spiro atoms. The lowest BCUT2D eigenvalue weighted by Gasteiger charge is -2.19. The van der Waals surface area contributed by atoms with Crippen LogP contribution in [-0.4, -0.2) is 32.2 Å². The highest BCUT2D eigenvalue weighted by Gasteiger charge is 2.30. The van der Waals surface area contributed by atoms with Gasteiger partial charge in [0.2, 0.25) is 0 Å². The van der Waals surface area contributed by atoms with Gasteiger partial charge in [0.1, 0.15) is 6.10 Å². The van der Waals surface area contributed by atoms with E-state index >= 15 is 0 Å². The van der Waals surface area contributed by atoms with Gasteiger partial charge in [-0.1, -0.05) is 0 Å². The fraction of sp³-hybridized carbons (Fsp3) is 0.538. The van der Waals surface area contributed by atoms with Crippen molar-refractivity contribution in [2.45, 2.75) is 30.3 Å². The predicted molar refractivity (Wildman–Crippen MR) is 77.0 cm³/mol. The van der Waals surface area contributed by atoms with Crippen LogP contribution in [0.15, 0.2) is 23.1 Å². The van der Waals surface area contributed by atoms with Gasteiger partial charge in [-0.2, -0.15) is 0 Å². The Morgan fingerprint density at radius 1 is 1.43 bits per heavy atom. The van der Waals surface area contributed by atoms with Gasteiger partial charge in [0.05, 0.1) is 9.82 Å². The van der Waals surface area contributed by atoms with Crippen molar-refractivity contribution in [3.8, 4) is 5.75 Å². The number of nitro groups is 1. The number of ether oxygens (including phenoxy) is 1. The molecule has 0 radical (unpaired) electrons. The summed E-state index contributed by atoms with van der Waals surface area (Å²) in [5.74, 6) is 0.275. The van der Waals surface area contributed by atoms with E-state index in [0.29, 0.717) is 6.54 Å². The van der Waals surface area contributed by atoms with Crippen molar-refractivity contribution < 1.29 is 18.1 Å². The van der Waals surface area contributed by atoms with Crippen LogP contribution in [-0.2, 0) is 9.84 Å². The number of hydrogen-bond donors (Lipinski definition) is 1. The van der Waals surface area contributed by atoms with Gasteiger partial charge in [0.25, 0.3) is 0 Å². The molecule has 1 aliphatic rings. The first-order valence-electron chi connectivity index (χ1n) is 6.68. The van der Waals surface area contributed by atoms with Crippen LogP contribution in [0.25, 0.3) is 0 Å². The van der Waals surface area contributed by atoms with Gasteiger partial charge < -0.3 is 10.5 Å². The number of rotatable bonds is 5. The summed E-state index contributed by atoms with van der Waals surface area (Å²) in [5, 5.41) is 11.1. The summed E-state index contributed by atoms with van der Waals surface area (Å²) in [5.41, 5.74) is 5.33. The van der Waals surface area contributed by atoms with E-state index in [1.165, 1.54) is 12.1 Å². The van der Waals surface area contributed by atoms with Crippen molar-refractivity contribution in [3.63, 3.8) is 0 Å². The first kappa shape index (κ1) is 15.7. The van der Waals surface area contributed by atoms with Gasteiger partial charge in [0.15, 0.2) is 15.6 Å². The molecule has 0 amide bonds. The van der Waals surface area contributed by atoms with E-state index in [1.807, 2.05) is 0 Å². The fourth-order valence-corrected chi connectivity index (χ4v) is 3.20. The summed E-state index contributed by atoms with van der Waals surface area (Å²) in [4.78, 5) is 10.4. The van der Waals surface area contributed by atoms with Crippen LogP contribution in [0.5, 0.6) is 5.75 Å². The molecule has 116 valence electrons. The van der Waals surface area contributed by atoms with E-state index in [2.05, 4.69) is 0 Å². The standard InChI is InChI=1S/C13H18N2O5S/c1-21(18,19)10-5-6-13(11(7-10)15(16)17)20-12-4-2-3-9(12)8-14/h5-7,9,12H,2-4,8,14H2,1H3. The van der Waals surface area contributed by atoms with E-state index in [0.717, 1.165) is 31.6 Å². The molecule has 0 heterocycles. The predicted octanol–water partition coefficient (Wildman–Crippen LogP) is 1.50. The summed E-state index contributed by atoms with van der Waals surface area (Å²) < 4.78 is 28.7. The van der Waals surface area contributed by atoms with Gasteiger partial charge in [0, 0.05) is 18.2 Å². The van der Waals surface area contributed by atoms with Gasteiger partial charge in [-0.25, -0.2) is 8.42 Å². The lowest BCUT2D eigenvalue weighted by atomic mass is 10.1. The highest BCUT2D eigenvalue weighted by Crippen LogP contribution is 2.35. The summed E-state index contributed by atoms with van der Waals surface area (Å²) in [7, 11) is -3.50. The molecule has 0 aliphatic heterocycles. The molecule has 2 N–H and O–H groups in total. The minimum atomic E-state index is -3.50. The molecular formula is C13H18N2O5S. The topological polar surface area (TPSA) is 113 Å². The second kappa shape index (κ2) is 5.98. The number of benzene rings is 1. The Bertz CT molecular complexity index is 644. The van der Waals surface area contributed by atoms with Crippen molar-refractivity contribution in [3.05, 3.63) is 28.3 Å². The van der Waals surface area contributed by atoms with Gasteiger partial charge in [-0.3, -0.25) is 10.1 Å². The Balaban J connectivity index is 2.33. The molecule has 0 bridgehead atoms. The molecule has 2 rings (SSSR count). The first-order chi connectivity index (χ1) is 9.82. The minimum absolute atomic E-state index is 0.0941. The third-order valence-electron chi connectivity index (χ3n) is 3.73. The van der Waals surface area contributed by atoms with Gasteiger partial charge >= 0.3 is 5.69 Å². The molecular weight excluding hydrogens is 296 g/mol. The molecule has 1 aromatic carbocycles. The zero-order valence-corrected chi connectivity index (χ0v) is 12.5. The monoisotopic (exact) mass is 314 g/mol. The van der Waals surface area contributed by atoms with Crippen molar-refractivity contribution >= 4 is 15.5 Å². The number of sulfone groups is 1. The van der Waals surface area contributed by atoms with Crippen molar-refractivity contribution in [1.29, 1.82) is 0 Å². The van der Waals surface area contributed by atoms with Crippen molar-refractivity contribution in [1.82, 2.24) is 0 Å². The maximum atomic E-state index is 11.5. The highest BCUT2D eigenvalue weighted by atomic mass is 32.2. The summed E-state index contributed by atoms with van der Waals surface area (Å²) in [6.45, 7) is 0.472. The average Bonchev–Trinajstić information content (AvgIpc) is 2.84. The van der Waals surface area contributed by atoms with Gasteiger partial charge in [-0.05, 0) is 37.9 Å². The summed E-state index contributed by atoms with van der Waals surface area (Å²) in [6, 6.07) is 3.71. The Kier molecular flexibility index (Phi) is 4.48. The van der Waals surface area contributed by atoms with Crippen LogP contribution in [0, 0.1) is 16.0 Å². The minimum Gasteiger partial charge on any atom is -0.483 e. The zero-order chi connectivity index (χ0) is 15.6. The molecule has 8 heteroatoms. The van der Waals surface area contributed by atoms with Gasteiger partial charge in [-0.15, -0.1) is 0 Å². The maximum Gasteiger partial charge on any atom is 0.312 e. The van der Waals surface area contributed by atoms with E-state index in [1.54, 1.807) is 0 Å². The quantitative estimate of drug-likeness (QED) is 0.651. The molecule has 2 unspecified atom stereocenters. The molecule has 0 saturated heterocycles. The smallest absolute Gasteiger partial charge is 0.312 e. The number of nitrogens with two attached hydrogens (primary N) is 1. The number of nitro benzene ring substituents is 1. The first-order valence-corrected chi connectivity index (χ1v) is 8.57. The Labute approximate surface area is 123 Å². The number of nitrogens with zero attached hydrogens (tertiary/aromatic N) is 1. The summed E-state index contributed by atoms with van der Waals surface area (Å²) >= 11 is 0. The fourth-order valence-electron chi connectivity index (χ4n) is 2.56.